The summed E-state index contributed by atoms with van der Waals surface area (Å²) in [6.45, 7) is 6.64. The number of rotatable bonds is 15. The van der Waals surface area contributed by atoms with Crippen LogP contribution in [-0.4, -0.2) is 134 Å². The second kappa shape index (κ2) is 24.6. The van der Waals surface area contributed by atoms with Crippen LogP contribution in [0.5, 0.6) is 0 Å². The molecule has 3 aliphatic heterocycles. The molecule has 1 saturated heterocycles. The topological polar surface area (TPSA) is 335 Å². The van der Waals surface area contributed by atoms with E-state index >= 15 is 0 Å². The number of carbonyl (C=O) groups excluding carboxylic acids is 1. The van der Waals surface area contributed by atoms with Gasteiger partial charge in [0.1, 0.15) is 50.2 Å². The maximum Gasteiger partial charge on any atom is 1.00 e. The van der Waals surface area contributed by atoms with Gasteiger partial charge < -0.3 is 48.5 Å². The van der Waals surface area contributed by atoms with Crippen molar-refractivity contribution in [1.29, 1.82) is 0 Å². The Hall–Kier alpha value is -0.540. The Balaban J connectivity index is 0.00000432. The number of aliphatic hydroxyl groups excluding tert-OH is 3. The molecular formula is C42H52N3Na3O17S5. The van der Waals surface area contributed by atoms with Gasteiger partial charge in [0.15, 0.2) is 6.29 Å². The number of nitrogens with one attached hydrogen (secondary N) is 2. The molecule has 70 heavy (non-hydrogen) atoms. The van der Waals surface area contributed by atoms with Gasteiger partial charge in [-0.2, -0.15) is 0 Å². The van der Waals surface area contributed by atoms with Gasteiger partial charge in [0, 0.05) is 51.7 Å². The van der Waals surface area contributed by atoms with Crippen molar-refractivity contribution in [2.75, 3.05) is 36.1 Å². The van der Waals surface area contributed by atoms with Crippen molar-refractivity contribution < 1.29 is 170 Å². The number of ether oxygens (including phenoxy) is 1. The Morgan fingerprint density at radius 3 is 2.14 bits per heavy atom. The minimum atomic E-state index is -4.99. The van der Waals surface area contributed by atoms with Crippen molar-refractivity contribution in [3.8, 4) is 0 Å². The van der Waals surface area contributed by atoms with E-state index in [2.05, 4.69) is 5.32 Å². The summed E-state index contributed by atoms with van der Waals surface area (Å²) in [5.41, 5.74) is 1.13. The molecule has 2 aromatic rings. The standard InChI is InChI=1S/C42H55N3O17S5.3Na/c1-41(2)28-23-27(66(56,57)58)15-16-29(28)44(19-7-21-64(50,51)52)33(41)17-13-25-9-5-10-26(38(25)63-40(49)43-36-37(47)31(46)24-62-39(36)48)14-18-34-42(3,4)35-30(11-6-12-32(35)67(59,60)61)45(34)20-8-22-65(53,54)55;;;/h6,11-18,23,31,34,36-37,39,46-48H,5,7-10,19-22,24H2,1-4H3,(H,43,49)(H,50,51,52)(H,53,54,55)(H,56,57,58)(H,59,60,61);;;/q;3*+1/p-3/b18-14+,25-13+,33-17+;;;. The fourth-order valence-electron chi connectivity index (χ4n) is 9.43. The minimum absolute atomic E-state index is 0. The first kappa shape index (κ1) is 63.8. The van der Waals surface area contributed by atoms with Crippen LogP contribution in [0.1, 0.15) is 70.9 Å². The Kier molecular flexibility index (Phi) is 22.4. The number of anilines is 1. The summed E-state index contributed by atoms with van der Waals surface area (Å²) >= 11 is 0.697. The first-order valence-electron chi connectivity index (χ1n) is 21.1. The van der Waals surface area contributed by atoms with E-state index in [9.17, 15) is 72.0 Å². The third-order valence-electron chi connectivity index (χ3n) is 12.6. The van der Waals surface area contributed by atoms with E-state index in [-0.39, 0.29) is 120 Å². The first-order chi connectivity index (χ1) is 30.9. The molecule has 6 rings (SSSR count). The fourth-order valence-corrected chi connectivity index (χ4v) is 12.8. The average molecular weight is 1100 g/mol. The fraction of sp³-hybridized carbons (Fsp3) is 0.500. The zero-order valence-corrected chi connectivity index (χ0v) is 49.9. The van der Waals surface area contributed by atoms with Gasteiger partial charge in [0.25, 0.3) is 5.24 Å². The smallest absolute Gasteiger partial charge is 0.748 e. The van der Waals surface area contributed by atoms with Crippen molar-refractivity contribution in [1.82, 2.24) is 5.32 Å². The number of hydrogen-bond donors (Lipinski definition) is 5. The summed E-state index contributed by atoms with van der Waals surface area (Å²) in [5.74, 6) is -1.40. The normalized spacial score (nSPS) is 25.5. The number of quaternary nitrogens is 1. The van der Waals surface area contributed by atoms with Crippen molar-refractivity contribution in [3.05, 3.63) is 93.6 Å². The minimum Gasteiger partial charge on any atom is -0.748 e. The Morgan fingerprint density at radius 1 is 0.886 bits per heavy atom. The molecule has 370 valence electrons. The quantitative estimate of drug-likeness (QED) is 0.0817. The third-order valence-corrected chi connectivity index (χ3v) is 16.9. The van der Waals surface area contributed by atoms with Gasteiger partial charge >= 0.3 is 88.7 Å². The van der Waals surface area contributed by atoms with Crippen molar-refractivity contribution >= 4 is 68.8 Å². The molecule has 1 aliphatic carbocycles. The molecule has 6 unspecified atom stereocenters. The van der Waals surface area contributed by atoms with E-state index in [1.54, 1.807) is 63.0 Å². The van der Waals surface area contributed by atoms with Crippen LogP contribution in [0.4, 0.5) is 16.2 Å². The van der Waals surface area contributed by atoms with Gasteiger partial charge in [-0.25, -0.2) is 33.7 Å². The van der Waals surface area contributed by atoms with Crippen LogP contribution in [0.2, 0.25) is 0 Å². The Morgan fingerprint density at radius 2 is 1.53 bits per heavy atom. The number of nitrogens with zero attached hydrogens (tertiary/aromatic N) is 1. The maximum atomic E-state index is 13.9. The van der Waals surface area contributed by atoms with Crippen LogP contribution in [0, 0.1) is 0 Å². The average Bonchev–Trinajstić information content (AvgIpc) is 3.55. The van der Waals surface area contributed by atoms with Crippen LogP contribution in [0.3, 0.4) is 0 Å². The second-order valence-corrected chi connectivity index (χ2v) is 24.7. The number of hydrogen-bond acceptors (Lipinski definition) is 19. The van der Waals surface area contributed by atoms with Crippen molar-refractivity contribution in [2.24, 2.45) is 0 Å². The molecule has 6 atom stereocenters. The molecule has 20 nitrogen and oxygen atoms in total. The summed E-state index contributed by atoms with van der Waals surface area (Å²) in [4.78, 5) is 15.7. The molecule has 3 heterocycles. The molecular weight excluding hydrogens is 1050 g/mol. The van der Waals surface area contributed by atoms with Gasteiger partial charge in [-0.1, -0.05) is 32.1 Å². The number of aliphatic hydroxyl groups is 3. The van der Waals surface area contributed by atoms with Gasteiger partial charge in [-0.15, -0.1) is 0 Å². The van der Waals surface area contributed by atoms with E-state index < -0.39 is 115 Å². The van der Waals surface area contributed by atoms with Crippen LogP contribution < -0.4 is 104 Å². The largest absolute Gasteiger partial charge is 1.00 e. The maximum absolute atomic E-state index is 13.9. The first-order valence-corrected chi connectivity index (χ1v) is 27.9. The second-order valence-electron chi connectivity index (χ2n) is 17.9. The van der Waals surface area contributed by atoms with Gasteiger partial charge in [-0.05, 0) is 110 Å². The molecule has 1 amide bonds. The molecule has 0 radical (unpaired) electrons. The van der Waals surface area contributed by atoms with E-state index in [0.717, 1.165) is 6.07 Å². The zero-order chi connectivity index (χ0) is 49.7. The number of benzene rings is 2. The SMILES string of the molecule is CC1(C)/C(=C\C=C2/CCCC(/C=C/C3[NH+](CCCS(=O)(=O)[O-])c4cccc(S(=O)(=O)[O-])c4C3(C)C)=C2SC(=O)NC2C(O)OCC(O)C2O)N(CCCS(=O)(=O)[O-])c2ccc(S(=O)(=O)[O-])cc21.[Na+].[Na+].[Na+]. The van der Waals surface area contributed by atoms with Crippen LogP contribution >= 0.6 is 11.8 Å². The molecule has 28 heteroatoms. The molecule has 0 spiro atoms. The molecule has 2 aromatic carbocycles. The van der Waals surface area contributed by atoms with E-state index in [1.165, 1.54) is 24.3 Å². The summed E-state index contributed by atoms with van der Waals surface area (Å²) < 4.78 is 149. The predicted octanol–water partition coefficient (Wildman–Crippen LogP) is -7.96. The molecule has 5 N–H and O–H groups in total. The van der Waals surface area contributed by atoms with Crippen molar-refractivity contribution in [2.45, 2.75) is 111 Å². The zero-order valence-electron chi connectivity index (χ0n) is 39.8. The van der Waals surface area contributed by atoms with Gasteiger partial charge in [0.2, 0.25) is 0 Å². The molecule has 0 aromatic heterocycles. The summed E-state index contributed by atoms with van der Waals surface area (Å²) in [7, 11) is -19.1. The van der Waals surface area contributed by atoms with Crippen molar-refractivity contribution in [3.63, 3.8) is 0 Å². The monoisotopic (exact) mass is 1100 g/mol. The Labute approximate surface area is 479 Å². The predicted molar refractivity (Wildman–Crippen MR) is 240 cm³/mol. The van der Waals surface area contributed by atoms with Gasteiger partial charge in [0.05, 0.1) is 48.6 Å². The number of amides is 1. The number of thioether (sulfide) groups is 1. The Bertz CT molecular complexity index is 2880. The number of allylic oxidation sites excluding steroid dienone is 6. The van der Waals surface area contributed by atoms with Crippen LogP contribution in [0.15, 0.2) is 92.2 Å². The number of carbonyl (C=O) groups is 1. The summed E-state index contributed by atoms with van der Waals surface area (Å²) in [6, 6.07) is 5.93. The molecule has 0 bridgehead atoms. The molecule has 0 saturated carbocycles. The molecule has 1 fully saturated rings. The van der Waals surface area contributed by atoms with E-state index in [4.69, 9.17) is 4.74 Å². The van der Waals surface area contributed by atoms with Crippen LogP contribution in [-0.2, 0) is 56.0 Å². The van der Waals surface area contributed by atoms with E-state index in [0.29, 0.717) is 74.6 Å². The van der Waals surface area contributed by atoms with E-state index in [1.807, 2.05) is 0 Å². The summed E-state index contributed by atoms with van der Waals surface area (Å²) in [6.07, 6.45) is 3.27. The molecule has 4 aliphatic rings. The number of fused-ring (bicyclic) bond motifs is 2. The van der Waals surface area contributed by atoms with Gasteiger partial charge in [-0.3, -0.25) is 9.69 Å². The van der Waals surface area contributed by atoms with Crippen LogP contribution in [0.25, 0.3) is 0 Å². The summed E-state index contributed by atoms with van der Waals surface area (Å²) in [5, 5.41) is 33.1. The third kappa shape index (κ3) is 14.9.